The highest BCUT2D eigenvalue weighted by Crippen LogP contribution is 2.39. The zero-order valence-electron chi connectivity index (χ0n) is 12.2. The largest absolute Gasteiger partial charge is 0.359 e. The van der Waals surface area contributed by atoms with Gasteiger partial charge in [0.25, 0.3) is 0 Å². The topological polar surface area (TPSA) is 24.4 Å². The highest BCUT2D eigenvalue weighted by molar-refractivity contribution is 8.14. The molecule has 0 aromatic rings. The van der Waals surface area contributed by atoms with Crippen molar-refractivity contribution in [3.05, 3.63) is 0 Å². The van der Waals surface area contributed by atoms with Gasteiger partial charge in [-0.1, -0.05) is 31.5 Å². The molecule has 0 bridgehead atoms. The predicted octanol–water partition coefficient (Wildman–Crippen LogP) is 3.91. The summed E-state index contributed by atoms with van der Waals surface area (Å²) in [5, 5.41) is 5.90. The first-order chi connectivity index (χ1) is 9.19. The van der Waals surface area contributed by atoms with Crippen LogP contribution >= 0.6 is 23.5 Å². The Kier molecular flexibility index (Phi) is 4.37. The molecule has 4 atom stereocenters. The Morgan fingerprint density at radius 3 is 3.00 bits per heavy atom. The summed E-state index contributed by atoms with van der Waals surface area (Å²) < 4.78 is 0. The predicted molar refractivity (Wildman–Crippen MR) is 88.3 cm³/mol. The molecule has 4 heteroatoms. The van der Waals surface area contributed by atoms with Crippen molar-refractivity contribution in [3.8, 4) is 0 Å². The molecule has 3 rings (SSSR count). The molecular formula is C15H26N2S2. The van der Waals surface area contributed by atoms with Crippen molar-refractivity contribution in [2.75, 3.05) is 12.0 Å². The summed E-state index contributed by atoms with van der Waals surface area (Å²) in [7, 11) is 0. The van der Waals surface area contributed by atoms with Crippen molar-refractivity contribution < 1.29 is 0 Å². The summed E-state index contributed by atoms with van der Waals surface area (Å²) in [4.78, 5) is 5.00. The molecule has 1 aliphatic heterocycles. The van der Waals surface area contributed by atoms with Crippen LogP contribution in [-0.2, 0) is 0 Å². The summed E-state index contributed by atoms with van der Waals surface area (Å²) in [6.07, 6.45) is 11.7. The van der Waals surface area contributed by atoms with Gasteiger partial charge in [-0.3, -0.25) is 4.99 Å². The fourth-order valence-electron chi connectivity index (χ4n) is 3.89. The summed E-state index contributed by atoms with van der Waals surface area (Å²) in [6, 6.07) is 0.587. The standard InChI is InChI=1S/C15H26N2S2/c1-11-4-3-7-15(9-11)10-19-14(17-15)16-12-5-6-13(8-12)18-2/h11-13H,3-10H2,1-2H3,(H,16,17). The Hall–Kier alpha value is 0.170. The smallest absolute Gasteiger partial charge is 0.157 e. The Bertz CT molecular complexity index is 358. The molecule has 1 heterocycles. The minimum atomic E-state index is 0.388. The van der Waals surface area contributed by atoms with Crippen molar-refractivity contribution in [1.29, 1.82) is 0 Å². The fraction of sp³-hybridized carbons (Fsp3) is 0.933. The number of rotatable bonds is 2. The van der Waals surface area contributed by atoms with Gasteiger partial charge in [-0.15, -0.1) is 0 Å². The zero-order chi connectivity index (χ0) is 13.3. The second kappa shape index (κ2) is 5.88. The summed E-state index contributed by atoms with van der Waals surface area (Å²) in [5.41, 5.74) is 0.388. The summed E-state index contributed by atoms with van der Waals surface area (Å²) >= 11 is 4.00. The van der Waals surface area contributed by atoms with E-state index in [1.165, 1.54) is 55.9 Å². The van der Waals surface area contributed by atoms with Crippen LogP contribution in [0, 0.1) is 5.92 Å². The van der Waals surface area contributed by atoms with E-state index < -0.39 is 0 Å². The molecule has 0 radical (unpaired) electrons. The average Bonchev–Trinajstić information content (AvgIpc) is 2.98. The first-order valence-corrected chi connectivity index (χ1v) is 9.98. The quantitative estimate of drug-likeness (QED) is 0.836. The molecule has 0 aromatic heterocycles. The van der Waals surface area contributed by atoms with Crippen LogP contribution < -0.4 is 5.32 Å². The van der Waals surface area contributed by atoms with Gasteiger partial charge >= 0.3 is 0 Å². The average molecular weight is 299 g/mol. The first-order valence-electron chi connectivity index (χ1n) is 7.71. The van der Waals surface area contributed by atoms with Gasteiger partial charge in [0.2, 0.25) is 0 Å². The number of aliphatic imine (C=N–C) groups is 1. The zero-order valence-corrected chi connectivity index (χ0v) is 13.8. The van der Waals surface area contributed by atoms with Crippen LogP contribution in [0.5, 0.6) is 0 Å². The Labute approximate surface area is 126 Å². The number of nitrogens with one attached hydrogen (secondary N) is 1. The molecule has 3 aliphatic rings. The maximum atomic E-state index is 5.00. The molecule has 4 unspecified atom stereocenters. The van der Waals surface area contributed by atoms with Crippen molar-refractivity contribution in [2.24, 2.45) is 10.9 Å². The molecule has 1 N–H and O–H groups in total. The molecule has 2 nitrogen and oxygen atoms in total. The van der Waals surface area contributed by atoms with E-state index in [-0.39, 0.29) is 0 Å². The van der Waals surface area contributed by atoms with Crippen LogP contribution in [0.15, 0.2) is 4.99 Å². The third kappa shape index (κ3) is 3.26. The van der Waals surface area contributed by atoms with Gasteiger partial charge in [0.1, 0.15) is 0 Å². The molecule has 1 spiro atoms. The number of nitrogens with zero attached hydrogens (tertiary/aromatic N) is 1. The van der Waals surface area contributed by atoms with Crippen LogP contribution in [0.25, 0.3) is 0 Å². The normalized spacial score (nSPS) is 44.9. The van der Waals surface area contributed by atoms with Crippen molar-refractivity contribution in [3.63, 3.8) is 0 Å². The van der Waals surface area contributed by atoms with E-state index in [0.717, 1.165) is 11.2 Å². The van der Waals surface area contributed by atoms with E-state index in [1.807, 2.05) is 23.5 Å². The Morgan fingerprint density at radius 1 is 1.37 bits per heavy atom. The van der Waals surface area contributed by atoms with Crippen LogP contribution in [0.2, 0.25) is 0 Å². The van der Waals surface area contributed by atoms with Crippen molar-refractivity contribution >= 4 is 28.7 Å². The minimum absolute atomic E-state index is 0.388. The second-order valence-electron chi connectivity index (χ2n) is 6.65. The van der Waals surface area contributed by atoms with E-state index in [4.69, 9.17) is 4.99 Å². The molecule has 0 aromatic carbocycles. The molecule has 2 saturated carbocycles. The van der Waals surface area contributed by atoms with E-state index in [9.17, 15) is 0 Å². The lowest BCUT2D eigenvalue weighted by molar-refractivity contribution is 0.242. The van der Waals surface area contributed by atoms with Gasteiger partial charge in [0.05, 0.1) is 6.04 Å². The Morgan fingerprint density at radius 2 is 2.26 bits per heavy atom. The van der Waals surface area contributed by atoms with E-state index in [0.29, 0.717) is 11.6 Å². The van der Waals surface area contributed by atoms with Crippen molar-refractivity contribution in [2.45, 2.75) is 68.7 Å². The monoisotopic (exact) mass is 298 g/mol. The van der Waals surface area contributed by atoms with Gasteiger partial charge in [-0.2, -0.15) is 11.8 Å². The number of hydrogen-bond donors (Lipinski definition) is 1. The highest BCUT2D eigenvalue weighted by Gasteiger charge is 2.40. The van der Waals surface area contributed by atoms with Crippen LogP contribution in [0.3, 0.4) is 0 Å². The molecular weight excluding hydrogens is 272 g/mol. The number of thioether (sulfide) groups is 2. The summed E-state index contributed by atoms with van der Waals surface area (Å²) in [5.74, 6) is 2.13. The van der Waals surface area contributed by atoms with Crippen LogP contribution in [0.1, 0.15) is 51.9 Å². The number of amidine groups is 1. The van der Waals surface area contributed by atoms with E-state index in [2.05, 4.69) is 18.5 Å². The maximum Gasteiger partial charge on any atom is 0.157 e. The molecule has 108 valence electrons. The molecule has 2 aliphatic carbocycles. The Balaban J connectivity index is 1.59. The molecule has 3 fully saturated rings. The minimum Gasteiger partial charge on any atom is -0.359 e. The molecule has 0 amide bonds. The highest BCUT2D eigenvalue weighted by atomic mass is 32.2. The SMILES string of the molecule is CSC1CCC(N=C2NC3(CCCC(C)C3)CS2)C1. The lowest BCUT2D eigenvalue weighted by atomic mass is 9.78. The van der Waals surface area contributed by atoms with Crippen LogP contribution in [0.4, 0.5) is 0 Å². The lowest BCUT2D eigenvalue weighted by Crippen LogP contribution is -2.47. The maximum absolute atomic E-state index is 5.00. The lowest BCUT2D eigenvalue weighted by Gasteiger charge is -2.36. The number of hydrogen-bond acceptors (Lipinski definition) is 3. The van der Waals surface area contributed by atoms with Crippen LogP contribution in [-0.4, -0.2) is 34.0 Å². The van der Waals surface area contributed by atoms with Crippen molar-refractivity contribution in [1.82, 2.24) is 5.32 Å². The van der Waals surface area contributed by atoms with Gasteiger partial charge in [0.15, 0.2) is 5.17 Å². The third-order valence-electron chi connectivity index (χ3n) is 4.94. The third-order valence-corrected chi connectivity index (χ3v) is 7.21. The molecule has 1 saturated heterocycles. The van der Waals surface area contributed by atoms with Gasteiger partial charge < -0.3 is 5.32 Å². The first kappa shape index (κ1) is 14.1. The van der Waals surface area contributed by atoms with E-state index in [1.54, 1.807) is 0 Å². The van der Waals surface area contributed by atoms with Gasteiger partial charge in [0, 0.05) is 16.5 Å². The second-order valence-corrected chi connectivity index (χ2v) is 8.76. The molecule has 19 heavy (non-hydrogen) atoms. The fourth-order valence-corrected chi connectivity index (χ4v) is 5.94. The van der Waals surface area contributed by atoms with E-state index >= 15 is 0 Å². The van der Waals surface area contributed by atoms with Gasteiger partial charge in [-0.25, -0.2) is 0 Å². The summed E-state index contributed by atoms with van der Waals surface area (Å²) in [6.45, 7) is 2.41. The van der Waals surface area contributed by atoms with Gasteiger partial charge in [-0.05, 0) is 44.3 Å².